The van der Waals surface area contributed by atoms with Gasteiger partial charge >= 0.3 is 6.01 Å². The summed E-state index contributed by atoms with van der Waals surface area (Å²) in [5, 5.41) is 13.0. The molecule has 1 aliphatic heterocycles. The summed E-state index contributed by atoms with van der Waals surface area (Å²) in [6.07, 6.45) is 3.58. The Morgan fingerprint density at radius 1 is 1.21 bits per heavy atom. The lowest BCUT2D eigenvalue weighted by Gasteiger charge is -2.38. The van der Waals surface area contributed by atoms with Gasteiger partial charge in [-0.15, -0.1) is 0 Å². The second kappa shape index (κ2) is 8.73. The highest BCUT2D eigenvalue weighted by atomic mass is 35.5. The second-order valence-corrected chi connectivity index (χ2v) is 9.18. The molecule has 34 heavy (non-hydrogen) atoms. The number of aryl methyl sites for hydroxylation is 1. The lowest BCUT2D eigenvalue weighted by molar-refractivity contribution is 0.102. The van der Waals surface area contributed by atoms with E-state index < -0.39 is 0 Å². The smallest absolute Gasteiger partial charge is 0.316 e. The van der Waals surface area contributed by atoms with E-state index in [4.69, 9.17) is 16.3 Å². The largest absolute Gasteiger partial charge is 0.467 e. The molecule has 1 saturated heterocycles. The van der Waals surface area contributed by atoms with Gasteiger partial charge in [0, 0.05) is 66.8 Å². The van der Waals surface area contributed by atoms with E-state index >= 15 is 0 Å². The number of methoxy groups -OCH3 is 1. The molecule has 1 fully saturated rings. The van der Waals surface area contributed by atoms with Crippen LogP contribution in [0.3, 0.4) is 0 Å². The average molecular weight is 480 g/mol. The number of ether oxygens (including phenoxy) is 1. The van der Waals surface area contributed by atoms with E-state index in [1.807, 2.05) is 25.4 Å². The Balaban J connectivity index is 1.54. The maximum atomic E-state index is 13.4. The number of nitrogens with one attached hydrogen (secondary N) is 2. The predicted octanol–water partition coefficient (Wildman–Crippen LogP) is 3.62. The van der Waals surface area contributed by atoms with Crippen molar-refractivity contribution in [3.05, 3.63) is 47.2 Å². The molecular weight excluding hydrogens is 454 g/mol. The number of rotatable bonds is 4. The van der Waals surface area contributed by atoms with Crippen LogP contribution in [0.15, 0.2) is 36.7 Å². The van der Waals surface area contributed by atoms with Crippen molar-refractivity contribution in [3.63, 3.8) is 0 Å². The van der Waals surface area contributed by atoms with Gasteiger partial charge in [0.15, 0.2) is 0 Å². The van der Waals surface area contributed by atoms with Crippen LogP contribution in [0.2, 0.25) is 5.02 Å². The monoisotopic (exact) mass is 479 g/mol. The molecule has 9 nitrogen and oxygen atoms in total. The first-order chi connectivity index (χ1) is 16.3. The summed E-state index contributed by atoms with van der Waals surface area (Å²) in [7, 11) is 3.34. The van der Waals surface area contributed by atoms with Crippen LogP contribution in [-0.2, 0) is 7.05 Å². The Hall–Kier alpha value is -3.43. The van der Waals surface area contributed by atoms with Crippen LogP contribution in [0.4, 0.5) is 11.4 Å². The standard InChI is InChI=1S/C24H26ClN7O2/c1-13-10-32(11-14(2)27-13)20-6-5-17(22-18(20)9-26-24(29-22)34-4)23(33)28-16-7-15-12-31(3)30-21(15)19(25)8-16/h5-9,12-14,27H,10-11H2,1-4H3,(H,28,33)/t13-,14-/m0/s1. The Labute approximate surface area is 202 Å². The van der Waals surface area contributed by atoms with Gasteiger partial charge in [0.1, 0.15) is 5.52 Å². The third-order valence-corrected chi connectivity index (χ3v) is 6.25. The van der Waals surface area contributed by atoms with E-state index in [2.05, 4.69) is 44.4 Å². The average Bonchev–Trinajstić information content (AvgIpc) is 3.18. The van der Waals surface area contributed by atoms with Gasteiger partial charge < -0.3 is 20.3 Å². The van der Waals surface area contributed by atoms with Gasteiger partial charge in [0.05, 0.1) is 23.2 Å². The number of carbonyl (C=O) groups is 1. The van der Waals surface area contributed by atoms with Gasteiger partial charge in [-0.2, -0.15) is 10.1 Å². The number of hydrogen-bond donors (Lipinski definition) is 2. The number of nitrogens with zero attached hydrogens (tertiary/aromatic N) is 5. The minimum absolute atomic E-state index is 0.209. The molecule has 4 aromatic rings. The number of hydrogen-bond acceptors (Lipinski definition) is 7. The number of aromatic nitrogens is 4. The minimum atomic E-state index is -0.293. The third-order valence-electron chi connectivity index (χ3n) is 5.97. The lowest BCUT2D eigenvalue weighted by atomic mass is 10.0. The van der Waals surface area contributed by atoms with Crippen LogP contribution >= 0.6 is 11.6 Å². The fourth-order valence-electron chi connectivity index (χ4n) is 4.65. The molecule has 0 saturated carbocycles. The van der Waals surface area contributed by atoms with Crippen molar-refractivity contribution in [2.75, 3.05) is 30.4 Å². The van der Waals surface area contributed by atoms with E-state index in [0.717, 1.165) is 29.5 Å². The molecule has 2 aromatic carbocycles. The van der Waals surface area contributed by atoms with E-state index in [1.165, 1.54) is 7.11 Å². The van der Waals surface area contributed by atoms with Crippen LogP contribution < -0.4 is 20.3 Å². The quantitative estimate of drug-likeness (QED) is 0.461. The first kappa shape index (κ1) is 22.4. The van der Waals surface area contributed by atoms with Gasteiger partial charge in [-0.1, -0.05) is 11.6 Å². The van der Waals surface area contributed by atoms with Gasteiger partial charge in [0.25, 0.3) is 5.91 Å². The first-order valence-electron chi connectivity index (χ1n) is 11.1. The highest BCUT2D eigenvalue weighted by Crippen LogP contribution is 2.32. The van der Waals surface area contributed by atoms with Crippen LogP contribution in [0.1, 0.15) is 24.2 Å². The Morgan fingerprint density at radius 2 is 1.97 bits per heavy atom. The molecule has 1 aliphatic rings. The summed E-state index contributed by atoms with van der Waals surface area (Å²) in [5.41, 5.74) is 3.23. The number of fused-ring (bicyclic) bond motifs is 2. The van der Waals surface area contributed by atoms with Crippen molar-refractivity contribution in [3.8, 4) is 6.01 Å². The highest BCUT2D eigenvalue weighted by Gasteiger charge is 2.24. The number of piperazine rings is 1. The Kier molecular flexibility index (Phi) is 5.75. The van der Waals surface area contributed by atoms with Gasteiger partial charge in [-0.3, -0.25) is 9.48 Å². The summed E-state index contributed by atoms with van der Waals surface area (Å²) < 4.78 is 6.95. The highest BCUT2D eigenvalue weighted by molar-refractivity contribution is 6.35. The summed E-state index contributed by atoms with van der Waals surface area (Å²) >= 11 is 6.40. The molecule has 3 heterocycles. The normalized spacial score (nSPS) is 18.4. The zero-order chi connectivity index (χ0) is 24.0. The molecule has 0 radical (unpaired) electrons. The number of carbonyl (C=O) groups excluding carboxylic acids is 1. The molecule has 0 unspecified atom stereocenters. The Morgan fingerprint density at radius 3 is 2.71 bits per heavy atom. The zero-order valence-electron chi connectivity index (χ0n) is 19.5. The molecule has 176 valence electrons. The molecule has 10 heteroatoms. The van der Waals surface area contributed by atoms with Gasteiger partial charge in [0.2, 0.25) is 0 Å². The number of benzene rings is 2. The molecule has 0 bridgehead atoms. The van der Waals surface area contributed by atoms with Crippen molar-refractivity contribution < 1.29 is 9.53 Å². The SMILES string of the molecule is COc1ncc2c(N3C[C@H](C)N[C@@H](C)C3)ccc(C(=O)Nc3cc(Cl)c4nn(C)cc4c3)c2n1. The maximum Gasteiger partial charge on any atom is 0.316 e. The van der Waals surface area contributed by atoms with Crippen molar-refractivity contribution in [1.82, 2.24) is 25.1 Å². The topological polar surface area (TPSA) is 97.2 Å². The lowest BCUT2D eigenvalue weighted by Crippen LogP contribution is -2.54. The molecule has 0 spiro atoms. The van der Waals surface area contributed by atoms with E-state index in [9.17, 15) is 4.79 Å². The van der Waals surface area contributed by atoms with E-state index in [-0.39, 0.29) is 11.9 Å². The zero-order valence-corrected chi connectivity index (χ0v) is 20.2. The van der Waals surface area contributed by atoms with Crippen molar-refractivity contribution in [2.24, 2.45) is 7.05 Å². The predicted molar refractivity (Wildman–Crippen MR) is 134 cm³/mol. The van der Waals surface area contributed by atoms with Crippen LogP contribution in [0.5, 0.6) is 6.01 Å². The number of halogens is 1. The van der Waals surface area contributed by atoms with Crippen molar-refractivity contribution in [2.45, 2.75) is 25.9 Å². The first-order valence-corrected chi connectivity index (χ1v) is 11.5. The van der Waals surface area contributed by atoms with Crippen LogP contribution in [0.25, 0.3) is 21.8 Å². The fourth-order valence-corrected chi connectivity index (χ4v) is 4.92. The summed E-state index contributed by atoms with van der Waals surface area (Å²) in [5.74, 6) is -0.293. The van der Waals surface area contributed by atoms with E-state index in [1.54, 1.807) is 23.0 Å². The molecule has 2 N–H and O–H groups in total. The molecule has 1 amide bonds. The molecular formula is C24H26ClN7O2. The summed E-state index contributed by atoms with van der Waals surface area (Å²) in [6, 6.07) is 8.21. The second-order valence-electron chi connectivity index (χ2n) is 8.78. The minimum Gasteiger partial charge on any atom is -0.467 e. The summed E-state index contributed by atoms with van der Waals surface area (Å²) in [4.78, 5) is 24.5. The van der Waals surface area contributed by atoms with Crippen molar-refractivity contribution >= 4 is 50.7 Å². The Bertz CT molecular complexity index is 1390. The molecule has 5 rings (SSSR count). The summed E-state index contributed by atoms with van der Waals surface area (Å²) in [6.45, 7) is 6.02. The third kappa shape index (κ3) is 4.12. The van der Waals surface area contributed by atoms with Crippen LogP contribution in [0, 0.1) is 0 Å². The number of anilines is 2. The van der Waals surface area contributed by atoms with Gasteiger partial charge in [-0.05, 0) is 38.1 Å². The van der Waals surface area contributed by atoms with Gasteiger partial charge in [-0.25, -0.2) is 4.98 Å². The molecule has 2 aromatic heterocycles. The van der Waals surface area contributed by atoms with Crippen molar-refractivity contribution in [1.29, 1.82) is 0 Å². The fraction of sp³-hybridized carbons (Fsp3) is 0.333. The number of amides is 1. The van der Waals surface area contributed by atoms with Crippen LogP contribution in [-0.4, -0.2) is 57.9 Å². The van der Waals surface area contributed by atoms with E-state index in [0.29, 0.717) is 39.4 Å². The molecule has 2 atom stereocenters. The maximum absolute atomic E-state index is 13.4. The molecule has 0 aliphatic carbocycles.